The SMILES string of the molecule is CC1CCN(c2ccc(C#N)cc2N)CC1C. The van der Waals surface area contributed by atoms with E-state index in [4.69, 9.17) is 11.0 Å². The molecule has 1 heterocycles. The van der Waals surface area contributed by atoms with E-state index in [2.05, 4.69) is 24.8 Å². The molecule has 2 rings (SSSR count). The zero-order valence-corrected chi connectivity index (χ0v) is 10.5. The van der Waals surface area contributed by atoms with Crippen molar-refractivity contribution in [2.45, 2.75) is 20.3 Å². The molecular formula is C14H19N3. The summed E-state index contributed by atoms with van der Waals surface area (Å²) in [6.07, 6.45) is 1.21. The largest absolute Gasteiger partial charge is 0.397 e. The third-order valence-electron chi connectivity index (χ3n) is 3.83. The number of hydrogen-bond acceptors (Lipinski definition) is 3. The van der Waals surface area contributed by atoms with Gasteiger partial charge in [-0.15, -0.1) is 0 Å². The zero-order chi connectivity index (χ0) is 12.4. The Morgan fingerprint density at radius 3 is 2.71 bits per heavy atom. The van der Waals surface area contributed by atoms with E-state index in [-0.39, 0.29) is 0 Å². The number of benzene rings is 1. The van der Waals surface area contributed by atoms with Crippen LogP contribution in [0.4, 0.5) is 11.4 Å². The number of nitrogens with zero attached hydrogens (tertiary/aromatic N) is 2. The molecule has 0 aromatic heterocycles. The summed E-state index contributed by atoms with van der Waals surface area (Å²) in [6, 6.07) is 7.69. The first kappa shape index (κ1) is 11.8. The number of nitriles is 1. The monoisotopic (exact) mass is 229 g/mol. The summed E-state index contributed by atoms with van der Waals surface area (Å²) < 4.78 is 0. The van der Waals surface area contributed by atoms with Gasteiger partial charge in [0.15, 0.2) is 0 Å². The number of rotatable bonds is 1. The summed E-state index contributed by atoms with van der Waals surface area (Å²) >= 11 is 0. The van der Waals surface area contributed by atoms with Crippen LogP contribution in [0.2, 0.25) is 0 Å². The maximum atomic E-state index is 8.82. The molecule has 1 aromatic rings. The highest BCUT2D eigenvalue weighted by Gasteiger charge is 2.23. The van der Waals surface area contributed by atoms with Gasteiger partial charge >= 0.3 is 0 Å². The number of hydrogen-bond donors (Lipinski definition) is 1. The van der Waals surface area contributed by atoms with Gasteiger partial charge in [-0.3, -0.25) is 0 Å². The topological polar surface area (TPSA) is 53.0 Å². The lowest BCUT2D eigenvalue weighted by Crippen LogP contribution is -2.38. The Balaban J connectivity index is 2.21. The normalized spacial score (nSPS) is 24.4. The van der Waals surface area contributed by atoms with Crippen molar-refractivity contribution in [2.75, 3.05) is 23.7 Å². The average Bonchev–Trinajstić information content (AvgIpc) is 2.32. The summed E-state index contributed by atoms with van der Waals surface area (Å²) in [4.78, 5) is 2.33. The van der Waals surface area contributed by atoms with Crippen molar-refractivity contribution in [3.05, 3.63) is 23.8 Å². The van der Waals surface area contributed by atoms with Crippen LogP contribution in [0.3, 0.4) is 0 Å². The number of nitrogen functional groups attached to an aromatic ring is 1. The van der Waals surface area contributed by atoms with Gasteiger partial charge in [-0.2, -0.15) is 5.26 Å². The van der Waals surface area contributed by atoms with Gasteiger partial charge in [0.25, 0.3) is 0 Å². The minimum Gasteiger partial charge on any atom is -0.397 e. The summed E-state index contributed by atoms with van der Waals surface area (Å²) in [6.45, 7) is 6.71. The quantitative estimate of drug-likeness (QED) is 0.753. The molecule has 2 N–H and O–H groups in total. The predicted molar refractivity (Wildman–Crippen MR) is 70.7 cm³/mol. The van der Waals surface area contributed by atoms with Crippen molar-refractivity contribution >= 4 is 11.4 Å². The Morgan fingerprint density at radius 2 is 2.12 bits per heavy atom. The van der Waals surface area contributed by atoms with Gasteiger partial charge in [0.1, 0.15) is 0 Å². The standard InChI is InChI=1S/C14H19N3/c1-10-5-6-17(9-11(10)2)14-4-3-12(8-15)7-13(14)16/h3-4,7,10-11H,5-6,9,16H2,1-2H3. The number of anilines is 2. The predicted octanol–water partition coefficient (Wildman–Crippen LogP) is 2.62. The van der Waals surface area contributed by atoms with Crippen LogP contribution in [-0.2, 0) is 0 Å². The van der Waals surface area contributed by atoms with Crippen molar-refractivity contribution in [3.8, 4) is 6.07 Å². The van der Waals surface area contributed by atoms with Gasteiger partial charge in [0.2, 0.25) is 0 Å². The lowest BCUT2D eigenvalue weighted by Gasteiger charge is -2.37. The minimum atomic E-state index is 0.629. The maximum Gasteiger partial charge on any atom is 0.0992 e. The molecule has 3 heteroatoms. The highest BCUT2D eigenvalue weighted by Crippen LogP contribution is 2.30. The molecule has 0 amide bonds. The molecular weight excluding hydrogens is 210 g/mol. The molecule has 1 saturated heterocycles. The van der Waals surface area contributed by atoms with E-state index in [0.717, 1.165) is 24.7 Å². The smallest absolute Gasteiger partial charge is 0.0992 e. The van der Waals surface area contributed by atoms with Crippen molar-refractivity contribution in [2.24, 2.45) is 11.8 Å². The van der Waals surface area contributed by atoms with Gasteiger partial charge in [-0.05, 0) is 36.5 Å². The second-order valence-electron chi connectivity index (χ2n) is 5.07. The molecule has 0 aliphatic carbocycles. The van der Waals surface area contributed by atoms with E-state index in [9.17, 15) is 0 Å². The second kappa shape index (κ2) is 4.67. The van der Waals surface area contributed by atoms with E-state index < -0.39 is 0 Å². The maximum absolute atomic E-state index is 8.82. The highest BCUT2D eigenvalue weighted by atomic mass is 15.1. The molecule has 0 radical (unpaired) electrons. The van der Waals surface area contributed by atoms with Gasteiger partial charge in [0.05, 0.1) is 23.0 Å². The summed E-state index contributed by atoms with van der Waals surface area (Å²) in [5.74, 6) is 1.48. The first-order valence-electron chi connectivity index (χ1n) is 6.16. The molecule has 2 unspecified atom stereocenters. The molecule has 1 fully saturated rings. The fourth-order valence-electron chi connectivity index (χ4n) is 2.39. The van der Waals surface area contributed by atoms with E-state index >= 15 is 0 Å². The van der Waals surface area contributed by atoms with Crippen LogP contribution in [-0.4, -0.2) is 13.1 Å². The highest BCUT2D eigenvalue weighted by molar-refractivity contribution is 5.69. The van der Waals surface area contributed by atoms with E-state index in [1.165, 1.54) is 6.42 Å². The third-order valence-corrected chi connectivity index (χ3v) is 3.83. The van der Waals surface area contributed by atoms with Crippen LogP contribution >= 0.6 is 0 Å². The second-order valence-corrected chi connectivity index (χ2v) is 5.07. The summed E-state index contributed by atoms with van der Waals surface area (Å²) in [5.41, 5.74) is 8.43. The summed E-state index contributed by atoms with van der Waals surface area (Å²) in [7, 11) is 0. The Hall–Kier alpha value is -1.69. The molecule has 0 saturated carbocycles. The van der Waals surface area contributed by atoms with Crippen molar-refractivity contribution in [1.29, 1.82) is 5.26 Å². The van der Waals surface area contributed by atoms with E-state index in [1.807, 2.05) is 12.1 Å². The zero-order valence-electron chi connectivity index (χ0n) is 10.5. The Morgan fingerprint density at radius 1 is 1.35 bits per heavy atom. The van der Waals surface area contributed by atoms with Crippen LogP contribution in [0, 0.1) is 23.2 Å². The third kappa shape index (κ3) is 2.36. The molecule has 17 heavy (non-hydrogen) atoms. The molecule has 90 valence electrons. The van der Waals surface area contributed by atoms with Crippen molar-refractivity contribution in [3.63, 3.8) is 0 Å². The van der Waals surface area contributed by atoms with Gasteiger partial charge < -0.3 is 10.6 Å². The first-order valence-corrected chi connectivity index (χ1v) is 6.16. The lowest BCUT2D eigenvalue weighted by atomic mass is 9.88. The Bertz CT molecular complexity index is 447. The molecule has 1 aliphatic heterocycles. The molecule has 1 aromatic carbocycles. The average molecular weight is 229 g/mol. The molecule has 3 nitrogen and oxygen atoms in total. The van der Waals surface area contributed by atoms with Gasteiger partial charge in [0, 0.05) is 13.1 Å². The van der Waals surface area contributed by atoms with Crippen LogP contribution in [0.1, 0.15) is 25.8 Å². The first-order chi connectivity index (χ1) is 8.11. The Labute approximate surface area is 103 Å². The van der Waals surface area contributed by atoms with Crippen LogP contribution < -0.4 is 10.6 Å². The fraction of sp³-hybridized carbons (Fsp3) is 0.500. The van der Waals surface area contributed by atoms with Crippen LogP contribution in [0.5, 0.6) is 0 Å². The minimum absolute atomic E-state index is 0.629. The van der Waals surface area contributed by atoms with Crippen LogP contribution in [0.15, 0.2) is 18.2 Å². The van der Waals surface area contributed by atoms with Crippen LogP contribution in [0.25, 0.3) is 0 Å². The van der Waals surface area contributed by atoms with Gasteiger partial charge in [-0.25, -0.2) is 0 Å². The van der Waals surface area contributed by atoms with Gasteiger partial charge in [-0.1, -0.05) is 13.8 Å². The molecule has 2 atom stereocenters. The fourth-order valence-corrected chi connectivity index (χ4v) is 2.39. The number of piperidine rings is 1. The summed E-state index contributed by atoms with van der Waals surface area (Å²) in [5, 5.41) is 8.82. The molecule has 1 aliphatic rings. The van der Waals surface area contributed by atoms with E-state index in [0.29, 0.717) is 17.2 Å². The molecule has 0 spiro atoms. The van der Waals surface area contributed by atoms with Crippen molar-refractivity contribution < 1.29 is 0 Å². The molecule has 0 bridgehead atoms. The number of nitrogens with two attached hydrogens (primary N) is 1. The Kier molecular flexibility index (Phi) is 3.23. The van der Waals surface area contributed by atoms with E-state index in [1.54, 1.807) is 6.07 Å². The van der Waals surface area contributed by atoms with Crippen molar-refractivity contribution in [1.82, 2.24) is 0 Å². The lowest BCUT2D eigenvalue weighted by molar-refractivity contribution is 0.324.